The number of esters is 5. The Kier molecular flexibility index (Phi) is 27.6. The highest BCUT2D eigenvalue weighted by atomic mass is 19.3. The fourth-order valence-corrected chi connectivity index (χ4v) is 32.5. The SMILES string of the molecule is CC(C)c1ccc(C23CC4CC(CC(COC(=O)C(C)(F)F)(C4)C2)C3)cc1.CCCCc1ccc(C23CC4CC(CC(COC(=O)C(C)(F)F)(C4)C2)C3)cc1.CCCc1ccc(C23CC4CC(CC(COC(=O)C(C)(F)F)(C4)C2)C3)cc1.CCc1ccc(C23CC4CC(CC(COC(=O)C(C)(F)F)(C4)C2)C3)cc1.Cc1ccc(C23CC4CC(CC(COC(=O)C(C)(F)F)(C4)C2)C3)cc1. The number of unbranched alkanes of at least 4 members (excludes halogenated alkanes) is 1. The standard InChI is InChI=1S/C24H32F2O2.2C23H30F2O2.C22H28F2O2.C21H26F2O2/c1-3-4-5-17-6-8-20(9-7-17)24-13-18-10-19(14-24)12-23(11-18,15-24)16-28-21(27)22(2,25)26;1-15(2)18-4-6-19(7-5-18)23-11-16-8-17(12-23)10-22(9-16,13-23)14-27-20(26)21(3,24)25;1-3-4-16-5-7-19(8-6-16)23-12-17-9-18(13-23)11-22(10-17,14-23)15-27-20(26)21(2,24)25;1-3-15-4-6-18(7-5-15)22-11-16-8-17(12-22)10-21(9-16,13-22)14-26-19(25)20(2,23)24;1-14-3-5-17(6-4-14)21-10-15-7-16(11-21)9-20(8-15,12-21)13-25-18(24)19(2,22)23/h6-9,18-19H,3-5,10-16H2,1-2H3;4-7,15-17H,8-14H2,1-3H3;5-8,17-18H,3-4,9-15H2,1-2H3;4-7,16-17H,3,8-14H2,1-2H3;3-6,15-16H,7-13H2,1-2H3. The van der Waals surface area contributed by atoms with Gasteiger partial charge < -0.3 is 23.7 Å². The molecular formula is C113H146F10O10. The molecule has 20 bridgehead atoms. The third-order valence-electron chi connectivity index (χ3n) is 35.6. The summed E-state index contributed by atoms with van der Waals surface area (Å²) in [7, 11) is 0. The van der Waals surface area contributed by atoms with E-state index in [1.807, 2.05) is 0 Å². The van der Waals surface area contributed by atoms with E-state index >= 15 is 0 Å². The predicted octanol–water partition coefficient (Wildman–Crippen LogP) is 27.9. The monoisotopic (exact) mass is 1850 g/mol. The molecule has 20 heteroatoms. The summed E-state index contributed by atoms with van der Waals surface area (Å²) < 4.78 is 158. The van der Waals surface area contributed by atoms with Crippen LogP contribution in [0, 0.1) is 93.2 Å². The molecule has 0 aromatic heterocycles. The molecule has 25 rings (SSSR count). The molecule has 5 aromatic carbocycles. The first-order valence-corrected chi connectivity index (χ1v) is 50.7. The van der Waals surface area contributed by atoms with Crippen molar-refractivity contribution in [2.45, 2.75) is 370 Å². The maximum atomic E-state index is 13.3. The summed E-state index contributed by atoms with van der Waals surface area (Å²) in [6, 6.07) is 45.1. The Balaban J connectivity index is 0.000000121. The molecule has 20 aliphatic rings. The minimum absolute atomic E-state index is 0.115. The van der Waals surface area contributed by atoms with Gasteiger partial charge in [-0.05, 0) is 367 Å². The second-order valence-corrected chi connectivity index (χ2v) is 48.0. The summed E-state index contributed by atoms with van der Waals surface area (Å²) in [4.78, 5) is 58.1. The van der Waals surface area contributed by atoms with Crippen molar-refractivity contribution < 1.29 is 91.6 Å². The van der Waals surface area contributed by atoms with Crippen LogP contribution in [0.3, 0.4) is 0 Å². The molecule has 0 aliphatic heterocycles. The zero-order valence-electron chi connectivity index (χ0n) is 80.8. The van der Waals surface area contributed by atoms with Crippen molar-refractivity contribution in [3.05, 3.63) is 177 Å². The summed E-state index contributed by atoms with van der Waals surface area (Å²) in [5.41, 5.74) is 13.7. The minimum Gasteiger partial charge on any atom is -0.461 e. The lowest BCUT2D eigenvalue weighted by Gasteiger charge is -2.62. The van der Waals surface area contributed by atoms with Crippen molar-refractivity contribution in [1.82, 2.24) is 0 Å². The quantitative estimate of drug-likeness (QED) is 0.0284. The van der Waals surface area contributed by atoms with Gasteiger partial charge >= 0.3 is 59.5 Å². The summed E-state index contributed by atoms with van der Waals surface area (Å²) in [6.45, 7) is 16.9. The van der Waals surface area contributed by atoms with E-state index in [1.165, 1.54) is 165 Å². The molecule has 10 unspecified atom stereocenters. The van der Waals surface area contributed by atoms with E-state index in [2.05, 4.69) is 163 Å². The van der Waals surface area contributed by atoms with Crippen LogP contribution in [0.2, 0.25) is 0 Å². The number of hydrogen-bond acceptors (Lipinski definition) is 10. The lowest BCUT2D eigenvalue weighted by atomic mass is 9.43. The molecule has 0 amide bonds. The number of carbonyl (C=O) groups excluding carboxylic acids is 5. The highest BCUT2D eigenvalue weighted by molar-refractivity contribution is 5.79. The van der Waals surface area contributed by atoms with Crippen molar-refractivity contribution >= 4 is 29.8 Å². The third-order valence-corrected chi connectivity index (χ3v) is 35.6. The van der Waals surface area contributed by atoms with Gasteiger partial charge in [0.2, 0.25) is 0 Å². The number of benzene rings is 5. The number of ether oxygens (including phenoxy) is 5. The molecule has 728 valence electrons. The maximum Gasteiger partial charge on any atom is 0.376 e. The Morgan fingerprint density at radius 1 is 0.293 bits per heavy atom. The molecule has 133 heavy (non-hydrogen) atoms. The topological polar surface area (TPSA) is 132 Å². The second kappa shape index (κ2) is 37.2. The highest BCUT2D eigenvalue weighted by Crippen LogP contribution is 2.72. The van der Waals surface area contributed by atoms with Gasteiger partial charge in [0.15, 0.2) is 0 Å². The van der Waals surface area contributed by atoms with E-state index in [1.54, 1.807) is 0 Å². The average molecular weight is 1850 g/mol. The van der Waals surface area contributed by atoms with Gasteiger partial charge in [0.25, 0.3) is 0 Å². The second-order valence-electron chi connectivity index (χ2n) is 48.0. The Hall–Kier alpha value is -7.25. The molecule has 0 heterocycles. The molecule has 0 radical (unpaired) electrons. The van der Waals surface area contributed by atoms with Gasteiger partial charge in [-0.1, -0.05) is 174 Å². The number of alkyl halides is 10. The average Bonchev–Trinajstić information content (AvgIpc) is 0.735. The van der Waals surface area contributed by atoms with Crippen LogP contribution in [-0.2, 0) is 94.0 Å². The molecule has 0 spiro atoms. The van der Waals surface area contributed by atoms with Gasteiger partial charge in [-0.25, -0.2) is 24.0 Å². The van der Waals surface area contributed by atoms with Crippen molar-refractivity contribution in [1.29, 1.82) is 0 Å². The van der Waals surface area contributed by atoms with Crippen LogP contribution in [0.1, 0.15) is 343 Å². The number of carbonyl (C=O) groups is 5. The normalized spacial score (nSPS) is 35.1. The van der Waals surface area contributed by atoms with Crippen LogP contribution in [0.5, 0.6) is 0 Å². The van der Waals surface area contributed by atoms with E-state index in [9.17, 15) is 67.9 Å². The zero-order valence-corrected chi connectivity index (χ0v) is 80.8. The number of rotatable bonds is 27. The van der Waals surface area contributed by atoms with Gasteiger partial charge in [0.05, 0.1) is 33.0 Å². The lowest BCUT2D eigenvalue weighted by Crippen LogP contribution is -2.55. The first kappa shape index (κ1) is 98.8. The van der Waals surface area contributed by atoms with E-state index in [0.717, 1.165) is 122 Å². The summed E-state index contributed by atoms with van der Waals surface area (Å²) >= 11 is 0. The fourth-order valence-electron chi connectivity index (χ4n) is 32.5. The van der Waals surface area contributed by atoms with E-state index < -0.39 is 59.5 Å². The Morgan fingerprint density at radius 3 is 0.692 bits per heavy atom. The van der Waals surface area contributed by atoms with Crippen LogP contribution < -0.4 is 0 Å². The highest BCUT2D eigenvalue weighted by Gasteiger charge is 2.65. The molecule has 20 fully saturated rings. The molecule has 10 nitrogen and oxygen atoms in total. The molecule has 0 N–H and O–H groups in total. The zero-order chi connectivity index (χ0) is 95.2. The van der Waals surface area contributed by atoms with E-state index in [0.29, 0.717) is 99.7 Å². The largest absolute Gasteiger partial charge is 0.461 e. The van der Waals surface area contributed by atoms with Crippen LogP contribution in [0.15, 0.2) is 121 Å². The molecule has 20 aliphatic carbocycles. The van der Waals surface area contributed by atoms with Crippen molar-refractivity contribution in [3.8, 4) is 0 Å². The summed E-state index contributed by atoms with van der Waals surface area (Å²) in [5, 5.41) is 0. The molecular weight excluding hydrogens is 1710 g/mol. The predicted molar refractivity (Wildman–Crippen MR) is 495 cm³/mol. The van der Waals surface area contributed by atoms with Crippen molar-refractivity contribution in [2.24, 2.45) is 86.3 Å². The molecule has 10 atom stereocenters. The molecule has 5 aromatic rings. The van der Waals surface area contributed by atoms with Crippen molar-refractivity contribution in [3.63, 3.8) is 0 Å². The third kappa shape index (κ3) is 21.5. The maximum absolute atomic E-state index is 13.3. The fraction of sp³-hybridized carbons (Fsp3) is 0.690. The van der Waals surface area contributed by atoms with E-state index in [-0.39, 0.29) is 87.2 Å². The van der Waals surface area contributed by atoms with Gasteiger partial charge in [-0.15, -0.1) is 0 Å². The first-order valence-electron chi connectivity index (χ1n) is 50.7. The lowest BCUT2D eigenvalue weighted by molar-refractivity contribution is -0.180. The Bertz CT molecular complexity index is 4860. The van der Waals surface area contributed by atoms with E-state index in [4.69, 9.17) is 23.7 Å². The van der Waals surface area contributed by atoms with Crippen LogP contribution in [0.4, 0.5) is 43.9 Å². The van der Waals surface area contributed by atoms with Crippen LogP contribution in [0.25, 0.3) is 0 Å². The Morgan fingerprint density at radius 2 is 0.496 bits per heavy atom. The first-order chi connectivity index (χ1) is 62.5. The number of aryl methyl sites for hydroxylation is 4. The summed E-state index contributed by atoms with van der Waals surface area (Å²) in [5.74, 6) is -17.2. The van der Waals surface area contributed by atoms with Crippen molar-refractivity contribution in [2.75, 3.05) is 33.0 Å². The molecule has 0 saturated heterocycles. The van der Waals surface area contributed by atoms with Crippen LogP contribution in [-0.4, -0.2) is 92.5 Å². The van der Waals surface area contributed by atoms with Crippen LogP contribution >= 0.6 is 0 Å². The van der Waals surface area contributed by atoms with Gasteiger partial charge in [0.1, 0.15) is 0 Å². The number of hydrogen-bond donors (Lipinski definition) is 0. The summed E-state index contributed by atoms with van der Waals surface area (Å²) in [6.07, 6.45) is 39.9. The minimum atomic E-state index is -3.41. The van der Waals surface area contributed by atoms with Gasteiger partial charge in [-0.2, -0.15) is 43.9 Å². The Labute approximate surface area is 783 Å². The van der Waals surface area contributed by atoms with Gasteiger partial charge in [0, 0.05) is 61.7 Å². The molecule has 20 saturated carbocycles. The van der Waals surface area contributed by atoms with Gasteiger partial charge in [-0.3, -0.25) is 0 Å². The smallest absolute Gasteiger partial charge is 0.376 e. The number of halogens is 10.